The van der Waals surface area contributed by atoms with E-state index in [0.29, 0.717) is 0 Å². The van der Waals surface area contributed by atoms with Crippen LogP contribution in [0.15, 0.2) is 24.4 Å². The molecule has 1 aromatic heterocycles. The van der Waals surface area contributed by atoms with Crippen LogP contribution < -0.4 is 10.0 Å². The van der Waals surface area contributed by atoms with Gasteiger partial charge in [-0.15, -0.1) is 11.6 Å². The molecule has 1 atom stereocenters. The van der Waals surface area contributed by atoms with Gasteiger partial charge in [0.05, 0.1) is 5.75 Å². The molecule has 0 bridgehead atoms. The minimum absolute atomic E-state index is 0.00192. The number of nitrogens with one attached hydrogen (secondary N) is 2. The zero-order chi connectivity index (χ0) is 13.6. The molecule has 6 nitrogen and oxygen atoms in total. The van der Waals surface area contributed by atoms with Crippen molar-refractivity contribution in [3.8, 4) is 0 Å². The van der Waals surface area contributed by atoms with Gasteiger partial charge in [0.15, 0.2) is 0 Å². The van der Waals surface area contributed by atoms with Gasteiger partial charge in [-0.1, -0.05) is 6.07 Å². The smallest absolute Gasteiger partial charge is 0.237 e. The predicted molar refractivity (Wildman–Crippen MR) is 70.0 cm³/mol. The Morgan fingerprint density at radius 1 is 1.50 bits per heavy atom. The Morgan fingerprint density at radius 3 is 2.78 bits per heavy atom. The van der Waals surface area contributed by atoms with Gasteiger partial charge in [0.25, 0.3) is 0 Å². The Labute approximate surface area is 111 Å². The number of anilines is 1. The summed E-state index contributed by atoms with van der Waals surface area (Å²) in [6, 6.07) is 4.89. The van der Waals surface area contributed by atoms with Crippen LogP contribution in [0.3, 0.4) is 0 Å². The summed E-state index contributed by atoms with van der Waals surface area (Å²) < 4.78 is 25.5. The number of rotatable bonds is 6. The van der Waals surface area contributed by atoms with Crippen molar-refractivity contribution >= 4 is 33.3 Å². The largest absolute Gasteiger partial charge is 0.354 e. The van der Waals surface area contributed by atoms with E-state index in [1.807, 2.05) is 0 Å². The predicted octanol–water partition coefficient (Wildman–Crippen LogP) is 0.567. The average molecular weight is 292 g/mol. The van der Waals surface area contributed by atoms with Crippen LogP contribution in [-0.4, -0.2) is 37.0 Å². The van der Waals surface area contributed by atoms with Gasteiger partial charge in [0.1, 0.15) is 11.2 Å². The molecule has 2 N–H and O–H groups in total. The summed E-state index contributed by atoms with van der Waals surface area (Å²) >= 11 is 5.52. The maximum absolute atomic E-state index is 11.6. The van der Waals surface area contributed by atoms with Crippen molar-refractivity contribution < 1.29 is 13.2 Å². The van der Waals surface area contributed by atoms with E-state index in [9.17, 15) is 13.2 Å². The molecule has 0 radical (unpaired) electrons. The molecular formula is C10H14ClN3O3S. The Hall–Kier alpha value is -1.34. The fourth-order valence-corrected chi connectivity index (χ4v) is 2.07. The molecule has 1 heterocycles. The van der Waals surface area contributed by atoms with Gasteiger partial charge in [0.2, 0.25) is 15.9 Å². The Morgan fingerprint density at radius 2 is 2.22 bits per heavy atom. The number of nitrogens with zero attached hydrogens (tertiary/aromatic N) is 1. The second-order valence-corrected chi connectivity index (χ2v) is 6.04. The topological polar surface area (TPSA) is 88.2 Å². The van der Waals surface area contributed by atoms with Gasteiger partial charge in [-0.2, -0.15) is 0 Å². The first-order valence-corrected chi connectivity index (χ1v) is 7.33. The van der Waals surface area contributed by atoms with E-state index in [-0.39, 0.29) is 18.1 Å². The molecule has 0 saturated heterocycles. The summed E-state index contributed by atoms with van der Waals surface area (Å²) in [7, 11) is -3.53. The zero-order valence-corrected chi connectivity index (χ0v) is 11.3. The van der Waals surface area contributed by atoms with Gasteiger partial charge in [-0.25, -0.2) is 13.4 Å². The molecule has 100 valence electrons. The number of amides is 1. The lowest BCUT2D eigenvalue weighted by atomic mass is 10.4. The number of pyridine rings is 1. The highest BCUT2D eigenvalue weighted by molar-refractivity contribution is 7.92. The lowest BCUT2D eigenvalue weighted by Crippen LogP contribution is -2.34. The summed E-state index contributed by atoms with van der Waals surface area (Å²) in [5.74, 6) is -0.391. The molecule has 1 unspecified atom stereocenters. The number of carbonyl (C=O) groups is 1. The molecule has 18 heavy (non-hydrogen) atoms. The number of carbonyl (C=O) groups excluding carboxylic acids is 1. The van der Waals surface area contributed by atoms with E-state index in [0.717, 1.165) is 0 Å². The van der Waals surface area contributed by atoms with Crippen molar-refractivity contribution in [2.45, 2.75) is 12.3 Å². The first-order valence-electron chi connectivity index (χ1n) is 5.24. The van der Waals surface area contributed by atoms with Gasteiger partial charge in [-0.3, -0.25) is 9.52 Å². The second-order valence-electron chi connectivity index (χ2n) is 3.54. The highest BCUT2D eigenvalue weighted by atomic mass is 35.5. The van der Waals surface area contributed by atoms with Crippen LogP contribution >= 0.6 is 11.6 Å². The number of alkyl halides is 1. The average Bonchev–Trinajstić information content (AvgIpc) is 2.29. The van der Waals surface area contributed by atoms with Crippen molar-refractivity contribution in [1.82, 2.24) is 10.3 Å². The van der Waals surface area contributed by atoms with Crippen LogP contribution in [0.2, 0.25) is 0 Å². The van der Waals surface area contributed by atoms with Gasteiger partial charge in [0, 0.05) is 12.7 Å². The van der Waals surface area contributed by atoms with Crippen molar-refractivity contribution in [2.75, 3.05) is 17.0 Å². The number of hydrogen-bond donors (Lipinski definition) is 2. The van der Waals surface area contributed by atoms with E-state index in [2.05, 4.69) is 15.0 Å². The number of hydrogen-bond acceptors (Lipinski definition) is 4. The van der Waals surface area contributed by atoms with Crippen LogP contribution in [0.5, 0.6) is 0 Å². The number of aromatic nitrogens is 1. The molecule has 0 aliphatic carbocycles. The number of sulfonamides is 1. The number of halogens is 1. The highest BCUT2D eigenvalue weighted by Crippen LogP contribution is 2.03. The van der Waals surface area contributed by atoms with E-state index in [1.54, 1.807) is 12.1 Å². The van der Waals surface area contributed by atoms with Crippen LogP contribution in [0.25, 0.3) is 0 Å². The zero-order valence-electron chi connectivity index (χ0n) is 9.76. The maximum atomic E-state index is 11.6. The molecule has 1 aromatic rings. The van der Waals surface area contributed by atoms with Gasteiger partial charge >= 0.3 is 0 Å². The van der Waals surface area contributed by atoms with Crippen LogP contribution in [-0.2, 0) is 14.8 Å². The molecule has 0 aliphatic rings. The molecule has 1 rings (SSSR count). The third-order valence-electron chi connectivity index (χ3n) is 1.96. The third kappa shape index (κ3) is 5.33. The normalized spacial score (nSPS) is 12.8. The summed E-state index contributed by atoms with van der Waals surface area (Å²) in [5, 5.41) is 1.73. The minimum atomic E-state index is -3.53. The summed E-state index contributed by atoms with van der Waals surface area (Å²) in [6.45, 7) is 1.51. The van der Waals surface area contributed by atoms with Gasteiger partial charge in [-0.05, 0) is 19.1 Å². The van der Waals surface area contributed by atoms with E-state index >= 15 is 0 Å². The van der Waals surface area contributed by atoms with Crippen molar-refractivity contribution in [3.05, 3.63) is 24.4 Å². The molecule has 0 fully saturated rings. The SMILES string of the molecule is CC(Cl)C(=O)NCCS(=O)(=O)Nc1ccccn1. The standard InChI is InChI=1S/C10H14ClN3O3S/c1-8(11)10(15)13-6-7-18(16,17)14-9-4-2-3-5-12-9/h2-5,8H,6-7H2,1H3,(H,12,14)(H,13,15). The third-order valence-corrected chi connectivity index (χ3v) is 3.42. The van der Waals surface area contributed by atoms with Crippen molar-refractivity contribution in [3.63, 3.8) is 0 Å². The lowest BCUT2D eigenvalue weighted by Gasteiger charge is -2.08. The Balaban J connectivity index is 2.44. The van der Waals surface area contributed by atoms with Crippen LogP contribution in [0.1, 0.15) is 6.92 Å². The molecule has 0 aromatic carbocycles. The minimum Gasteiger partial charge on any atom is -0.354 e. The molecule has 0 saturated carbocycles. The molecule has 1 amide bonds. The maximum Gasteiger partial charge on any atom is 0.237 e. The molecule has 8 heteroatoms. The summed E-state index contributed by atoms with van der Waals surface area (Å²) in [4.78, 5) is 15.0. The molecule has 0 spiro atoms. The summed E-state index contributed by atoms with van der Waals surface area (Å²) in [5.41, 5.74) is 0. The first-order chi connectivity index (χ1) is 8.41. The molecule has 0 aliphatic heterocycles. The Bertz CT molecular complexity index is 490. The fourth-order valence-electron chi connectivity index (χ4n) is 1.08. The van der Waals surface area contributed by atoms with Crippen LogP contribution in [0, 0.1) is 0 Å². The van der Waals surface area contributed by atoms with E-state index in [1.165, 1.54) is 19.2 Å². The van der Waals surface area contributed by atoms with Crippen molar-refractivity contribution in [1.29, 1.82) is 0 Å². The first kappa shape index (κ1) is 14.7. The van der Waals surface area contributed by atoms with E-state index < -0.39 is 21.3 Å². The lowest BCUT2D eigenvalue weighted by molar-refractivity contribution is -0.120. The van der Waals surface area contributed by atoms with Gasteiger partial charge < -0.3 is 5.32 Å². The quantitative estimate of drug-likeness (QED) is 0.750. The summed E-state index contributed by atoms with van der Waals surface area (Å²) in [6.07, 6.45) is 1.48. The second kappa shape index (κ2) is 6.55. The monoisotopic (exact) mass is 291 g/mol. The van der Waals surface area contributed by atoms with Crippen LogP contribution in [0.4, 0.5) is 5.82 Å². The molecular weight excluding hydrogens is 278 g/mol. The van der Waals surface area contributed by atoms with Crippen molar-refractivity contribution in [2.24, 2.45) is 0 Å². The Kier molecular flexibility index (Phi) is 5.36. The van der Waals surface area contributed by atoms with E-state index in [4.69, 9.17) is 11.6 Å². The highest BCUT2D eigenvalue weighted by Gasteiger charge is 2.13. The fraction of sp³-hybridized carbons (Fsp3) is 0.400.